The van der Waals surface area contributed by atoms with Gasteiger partial charge in [-0.05, 0) is 18.8 Å². The Balaban J connectivity index is 1.63. The van der Waals surface area contributed by atoms with Gasteiger partial charge in [-0.1, -0.05) is 6.92 Å². The van der Waals surface area contributed by atoms with Crippen molar-refractivity contribution in [1.29, 1.82) is 0 Å². The molecule has 1 atom stereocenters. The third-order valence-corrected chi connectivity index (χ3v) is 4.43. The zero-order valence-corrected chi connectivity index (χ0v) is 12.6. The first-order valence-electron chi connectivity index (χ1n) is 7.70. The van der Waals surface area contributed by atoms with E-state index in [0.29, 0.717) is 19.8 Å². The number of rotatable bonds is 5. The van der Waals surface area contributed by atoms with Crippen LogP contribution in [0.2, 0.25) is 0 Å². The molecule has 1 aromatic heterocycles. The average molecular weight is 292 g/mol. The second-order valence-electron chi connectivity index (χ2n) is 6.46. The van der Waals surface area contributed by atoms with Gasteiger partial charge >= 0.3 is 0 Å². The molecule has 21 heavy (non-hydrogen) atoms. The predicted molar refractivity (Wildman–Crippen MR) is 81.5 cm³/mol. The van der Waals surface area contributed by atoms with Crippen molar-refractivity contribution in [3.8, 4) is 0 Å². The van der Waals surface area contributed by atoms with Crippen LogP contribution >= 0.6 is 0 Å². The van der Waals surface area contributed by atoms with E-state index in [2.05, 4.69) is 27.1 Å². The lowest BCUT2D eigenvalue weighted by Crippen LogP contribution is -2.50. The van der Waals surface area contributed by atoms with Crippen LogP contribution in [0.15, 0.2) is 12.4 Å². The maximum Gasteiger partial charge on any atom is 0.134 e. The van der Waals surface area contributed by atoms with Crippen LogP contribution in [-0.4, -0.2) is 54.5 Å². The van der Waals surface area contributed by atoms with Crippen LogP contribution in [0, 0.1) is 11.3 Å². The molecular formula is C15H24N4O2. The molecule has 1 aromatic rings. The zero-order chi connectivity index (χ0) is 14.7. The normalized spacial score (nSPS) is 24.5. The van der Waals surface area contributed by atoms with Gasteiger partial charge < -0.3 is 20.1 Å². The van der Waals surface area contributed by atoms with Gasteiger partial charge in [0, 0.05) is 25.7 Å². The molecule has 3 heterocycles. The van der Waals surface area contributed by atoms with E-state index >= 15 is 0 Å². The van der Waals surface area contributed by atoms with Crippen LogP contribution in [0.4, 0.5) is 11.6 Å². The van der Waals surface area contributed by atoms with Crippen LogP contribution in [0.3, 0.4) is 0 Å². The van der Waals surface area contributed by atoms with Crippen molar-refractivity contribution in [2.24, 2.45) is 11.3 Å². The summed E-state index contributed by atoms with van der Waals surface area (Å²) in [6.07, 6.45) is 4.13. The number of aliphatic hydroxyl groups is 1. The minimum atomic E-state index is -0.148. The Morgan fingerprint density at radius 2 is 2.33 bits per heavy atom. The fourth-order valence-corrected chi connectivity index (χ4v) is 2.93. The second-order valence-corrected chi connectivity index (χ2v) is 6.46. The van der Waals surface area contributed by atoms with Gasteiger partial charge in [0.2, 0.25) is 0 Å². The smallest absolute Gasteiger partial charge is 0.134 e. The summed E-state index contributed by atoms with van der Waals surface area (Å²) in [5.74, 6) is 2.52. The number of piperidine rings is 1. The molecule has 2 saturated heterocycles. The Kier molecular flexibility index (Phi) is 4.26. The summed E-state index contributed by atoms with van der Waals surface area (Å²) in [5.41, 5.74) is -0.148. The number of hydrogen-bond donors (Lipinski definition) is 2. The minimum Gasteiger partial charge on any atom is -0.396 e. The van der Waals surface area contributed by atoms with Crippen LogP contribution < -0.4 is 10.2 Å². The highest BCUT2D eigenvalue weighted by atomic mass is 16.5. The lowest BCUT2D eigenvalue weighted by molar-refractivity contribution is -0.128. The van der Waals surface area contributed by atoms with Crippen molar-refractivity contribution < 1.29 is 9.84 Å². The molecule has 116 valence electrons. The van der Waals surface area contributed by atoms with Gasteiger partial charge in [0.05, 0.1) is 25.2 Å². The van der Waals surface area contributed by atoms with Gasteiger partial charge in [-0.2, -0.15) is 0 Å². The molecule has 2 N–H and O–H groups in total. The number of aromatic nitrogens is 2. The van der Waals surface area contributed by atoms with Gasteiger partial charge in [0.15, 0.2) is 0 Å². The molecule has 2 aliphatic heterocycles. The quantitative estimate of drug-likeness (QED) is 0.848. The molecule has 6 nitrogen and oxygen atoms in total. The van der Waals surface area contributed by atoms with Crippen molar-refractivity contribution in [2.45, 2.75) is 19.8 Å². The lowest BCUT2D eigenvalue weighted by Gasteiger charge is -2.40. The van der Waals surface area contributed by atoms with Gasteiger partial charge in [0.25, 0.3) is 0 Å². The van der Waals surface area contributed by atoms with Crippen molar-refractivity contribution in [2.75, 3.05) is 49.7 Å². The topological polar surface area (TPSA) is 70.5 Å². The van der Waals surface area contributed by atoms with Crippen LogP contribution in [0.5, 0.6) is 0 Å². The Labute approximate surface area is 125 Å². The molecule has 0 bridgehead atoms. The Hall–Kier alpha value is -1.40. The molecule has 0 amide bonds. The molecular weight excluding hydrogens is 268 g/mol. The molecule has 0 aromatic carbocycles. The fraction of sp³-hybridized carbons (Fsp3) is 0.733. The number of ether oxygens (including phenoxy) is 1. The van der Waals surface area contributed by atoms with E-state index in [-0.39, 0.29) is 12.0 Å². The van der Waals surface area contributed by atoms with Crippen molar-refractivity contribution >= 4 is 11.6 Å². The first kappa shape index (κ1) is 14.5. The summed E-state index contributed by atoms with van der Waals surface area (Å²) in [7, 11) is 0. The molecule has 0 spiro atoms. The predicted octanol–water partition coefficient (Wildman–Crippen LogP) is 1.13. The summed E-state index contributed by atoms with van der Waals surface area (Å²) in [6, 6.07) is 2.00. The standard InChI is InChI=1S/C15H24N4O2/c1-12-3-2-4-19(6-12)14-5-13(17-11-18-14)16-7-15(8-20)9-21-10-15/h5,11-12,20H,2-4,6-10H2,1H3,(H,16,17,18). The van der Waals surface area contributed by atoms with Crippen LogP contribution in [0.25, 0.3) is 0 Å². The summed E-state index contributed by atoms with van der Waals surface area (Å²) in [5, 5.41) is 12.8. The molecule has 1 unspecified atom stereocenters. The third-order valence-electron chi connectivity index (χ3n) is 4.43. The van der Waals surface area contributed by atoms with Gasteiger partial charge in [-0.3, -0.25) is 0 Å². The maximum absolute atomic E-state index is 9.44. The number of aliphatic hydroxyl groups excluding tert-OH is 1. The van der Waals surface area contributed by atoms with Crippen molar-refractivity contribution in [3.05, 3.63) is 12.4 Å². The fourth-order valence-electron chi connectivity index (χ4n) is 2.93. The largest absolute Gasteiger partial charge is 0.396 e. The second kappa shape index (κ2) is 6.15. The van der Waals surface area contributed by atoms with Crippen LogP contribution in [0.1, 0.15) is 19.8 Å². The minimum absolute atomic E-state index is 0.140. The average Bonchev–Trinajstić information content (AvgIpc) is 2.47. The summed E-state index contributed by atoms with van der Waals surface area (Å²) >= 11 is 0. The van der Waals surface area contributed by atoms with Gasteiger partial charge in [0.1, 0.15) is 18.0 Å². The lowest BCUT2D eigenvalue weighted by atomic mass is 9.87. The van der Waals surface area contributed by atoms with E-state index in [0.717, 1.165) is 30.6 Å². The number of nitrogens with zero attached hydrogens (tertiary/aromatic N) is 3. The van der Waals surface area contributed by atoms with Crippen LogP contribution in [-0.2, 0) is 4.74 Å². The highest BCUT2D eigenvalue weighted by Crippen LogP contribution is 2.27. The number of nitrogens with one attached hydrogen (secondary N) is 1. The Morgan fingerprint density at radius 1 is 1.48 bits per heavy atom. The zero-order valence-electron chi connectivity index (χ0n) is 12.6. The molecule has 6 heteroatoms. The van der Waals surface area contributed by atoms with E-state index in [9.17, 15) is 5.11 Å². The third kappa shape index (κ3) is 3.27. The van der Waals surface area contributed by atoms with Gasteiger partial charge in [-0.25, -0.2) is 9.97 Å². The van der Waals surface area contributed by atoms with E-state index in [4.69, 9.17) is 4.74 Å². The van der Waals surface area contributed by atoms with E-state index in [1.807, 2.05) is 6.07 Å². The molecule has 0 radical (unpaired) electrons. The monoisotopic (exact) mass is 292 g/mol. The molecule has 3 rings (SSSR count). The first-order valence-corrected chi connectivity index (χ1v) is 7.70. The van der Waals surface area contributed by atoms with E-state index < -0.39 is 0 Å². The molecule has 0 aliphatic carbocycles. The SMILES string of the molecule is CC1CCCN(c2cc(NCC3(CO)COC3)ncn2)C1. The summed E-state index contributed by atoms with van der Waals surface area (Å²) in [4.78, 5) is 11.0. The molecule has 2 aliphatic rings. The number of hydrogen-bond acceptors (Lipinski definition) is 6. The van der Waals surface area contributed by atoms with E-state index in [1.54, 1.807) is 6.33 Å². The summed E-state index contributed by atoms with van der Waals surface area (Å²) < 4.78 is 5.21. The van der Waals surface area contributed by atoms with E-state index in [1.165, 1.54) is 12.8 Å². The highest BCUT2D eigenvalue weighted by molar-refractivity contribution is 5.48. The Morgan fingerprint density at radius 3 is 3.00 bits per heavy atom. The first-order chi connectivity index (χ1) is 10.2. The number of anilines is 2. The maximum atomic E-state index is 9.44. The Bertz CT molecular complexity index is 473. The highest BCUT2D eigenvalue weighted by Gasteiger charge is 2.37. The molecule has 0 saturated carbocycles. The molecule has 2 fully saturated rings. The van der Waals surface area contributed by atoms with Crippen molar-refractivity contribution in [1.82, 2.24) is 9.97 Å². The summed E-state index contributed by atoms with van der Waals surface area (Å²) in [6.45, 7) is 6.45. The van der Waals surface area contributed by atoms with Crippen molar-refractivity contribution in [3.63, 3.8) is 0 Å². The van der Waals surface area contributed by atoms with Gasteiger partial charge in [-0.15, -0.1) is 0 Å².